The molecule has 0 aliphatic heterocycles. The second-order valence-corrected chi connectivity index (χ2v) is 6.10. The largest absolute Gasteiger partial charge is 0.394 e. The highest BCUT2D eigenvalue weighted by molar-refractivity contribution is 9.10. The Balaban J connectivity index is 2.57. The molecule has 0 atom stereocenters. The Bertz CT molecular complexity index is 956. The first-order valence-corrected chi connectivity index (χ1v) is 8.12. The fourth-order valence-corrected chi connectivity index (χ4v) is 2.46. The summed E-state index contributed by atoms with van der Waals surface area (Å²) in [4.78, 5) is 41.6. The number of anilines is 2. The van der Waals surface area contributed by atoms with Crippen LogP contribution in [0.2, 0.25) is 0 Å². The van der Waals surface area contributed by atoms with Crippen LogP contribution in [0.5, 0.6) is 0 Å². The first-order valence-electron chi connectivity index (χ1n) is 7.33. The van der Waals surface area contributed by atoms with E-state index >= 15 is 0 Å². The van der Waals surface area contributed by atoms with Crippen molar-refractivity contribution in [2.24, 2.45) is 14.1 Å². The average Bonchev–Trinajstić information content (AvgIpc) is 2.60. The molecule has 0 saturated heterocycles. The first kappa shape index (κ1) is 19.8. The van der Waals surface area contributed by atoms with Gasteiger partial charge in [-0.25, -0.2) is 14.7 Å². The van der Waals surface area contributed by atoms with Crippen LogP contribution in [-0.2, 0) is 18.9 Å². The minimum absolute atomic E-state index is 0.0400. The Hall–Kier alpha value is -2.50. The van der Waals surface area contributed by atoms with E-state index in [0.29, 0.717) is 4.47 Å². The van der Waals surface area contributed by atoms with Crippen LogP contribution >= 0.6 is 15.9 Å². The van der Waals surface area contributed by atoms with Gasteiger partial charge in [0.15, 0.2) is 0 Å². The number of aliphatic hydroxyl groups is 1. The number of hydrogen-bond donors (Lipinski definition) is 3. The molecule has 0 radical (unpaired) electrons. The molecule has 0 spiro atoms. The van der Waals surface area contributed by atoms with Crippen LogP contribution in [0.1, 0.15) is 10.4 Å². The number of carbonyl (C=O) groups excluding carboxylic acids is 1. The molecule has 1 heterocycles. The third-order valence-corrected chi connectivity index (χ3v) is 3.93. The molecular weight excluding hydrogens is 415 g/mol. The predicted molar refractivity (Wildman–Crippen MR) is 94.8 cm³/mol. The molecule has 0 aliphatic carbocycles. The highest BCUT2D eigenvalue weighted by Gasteiger charge is 2.23. The van der Waals surface area contributed by atoms with Crippen molar-refractivity contribution in [2.45, 2.75) is 0 Å². The Morgan fingerprint density at radius 1 is 1.31 bits per heavy atom. The number of benzene rings is 1. The molecule has 140 valence electrons. The molecule has 9 nitrogen and oxygen atoms in total. The molecule has 1 amide bonds. The summed E-state index contributed by atoms with van der Waals surface area (Å²) in [6.45, 7) is -0.539. The van der Waals surface area contributed by atoms with Crippen LogP contribution in [0.4, 0.5) is 15.9 Å². The van der Waals surface area contributed by atoms with Crippen LogP contribution < -0.4 is 22.0 Å². The zero-order valence-electron chi connectivity index (χ0n) is 13.9. The van der Waals surface area contributed by atoms with E-state index in [2.05, 4.69) is 21.2 Å². The number of hydrogen-bond acceptors (Lipinski definition) is 6. The van der Waals surface area contributed by atoms with E-state index in [0.717, 1.165) is 9.13 Å². The Morgan fingerprint density at radius 3 is 2.62 bits per heavy atom. The lowest BCUT2D eigenvalue weighted by Crippen LogP contribution is -2.43. The van der Waals surface area contributed by atoms with Crippen LogP contribution in [0, 0.1) is 5.82 Å². The molecule has 2 aromatic rings. The number of nitrogens with zero attached hydrogens (tertiary/aromatic N) is 2. The number of aromatic nitrogens is 2. The Labute approximate surface area is 155 Å². The fraction of sp³-hybridized carbons (Fsp3) is 0.267. The minimum atomic E-state index is -0.949. The van der Waals surface area contributed by atoms with Gasteiger partial charge in [-0.05, 0) is 18.2 Å². The molecule has 1 aromatic heterocycles. The number of amides is 1. The molecule has 3 N–H and O–H groups in total. The van der Waals surface area contributed by atoms with Gasteiger partial charge in [-0.1, -0.05) is 15.9 Å². The van der Waals surface area contributed by atoms with Gasteiger partial charge in [-0.3, -0.25) is 23.6 Å². The molecular formula is C15H16BrFN4O5. The molecule has 0 fully saturated rings. The summed E-state index contributed by atoms with van der Waals surface area (Å²) >= 11 is 3.12. The van der Waals surface area contributed by atoms with Gasteiger partial charge < -0.3 is 10.4 Å². The van der Waals surface area contributed by atoms with E-state index in [4.69, 9.17) is 9.94 Å². The number of carbonyl (C=O) groups is 1. The van der Waals surface area contributed by atoms with Gasteiger partial charge in [0.05, 0.1) is 18.9 Å². The van der Waals surface area contributed by atoms with Gasteiger partial charge in [0, 0.05) is 18.6 Å². The Morgan fingerprint density at radius 2 is 2.00 bits per heavy atom. The molecule has 11 heteroatoms. The third-order valence-electron chi connectivity index (χ3n) is 3.43. The van der Waals surface area contributed by atoms with Crippen molar-refractivity contribution in [3.63, 3.8) is 0 Å². The minimum Gasteiger partial charge on any atom is -0.394 e. The topological polar surface area (TPSA) is 115 Å². The predicted octanol–water partition coefficient (Wildman–Crippen LogP) is 0.383. The van der Waals surface area contributed by atoms with E-state index in [9.17, 15) is 18.8 Å². The number of nitrogens with one attached hydrogen (secondary N) is 2. The van der Waals surface area contributed by atoms with Gasteiger partial charge >= 0.3 is 5.69 Å². The summed E-state index contributed by atoms with van der Waals surface area (Å²) < 4.78 is 16.4. The summed E-state index contributed by atoms with van der Waals surface area (Å²) in [5.41, 5.74) is -0.0898. The smallest absolute Gasteiger partial charge is 0.332 e. The molecule has 0 saturated carbocycles. The van der Waals surface area contributed by atoms with Gasteiger partial charge in [0.2, 0.25) is 0 Å². The number of halogens is 2. The second kappa shape index (κ2) is 8.25. The summed E-state index contributed by atoms with van der Waals surface area (Å²) in [6, 6.07) is 4.12. The lowest BCUT2D eigenvalue weighted by molar-refractivity contribution is 0.0167. The zero-order valence-corrected chi connectivity index (χ0v) is 15.5. The fourth-order valence-electron chi connectivity index (χ4n) is 2.13. The van der Waals surface area contributed by atoms with Gasteiger partial charge in [0.25, 0.3) is 11.5 Å². The summed E-state index contributed by atoms with van der Waals surface area (Å²) in [5, 5.41) is 11.3. The quantitative estimate of drug-likeness (QED) is 0.450. The summed E-state index contributed by atoms with van der Waals surface area (Å²) in [7, 11) is 2.53. The van der Waals surface area contributed by atoms with Crippen molar-refractivity contribution in [3.8, 4) is 0 Å². The van der Waals surface area contributed by atoms with Crippen molar-refractivity contribution in [3.05, 3.63) is 54.9 Å². The van der Waals surface area contributed by atoms with Crippen molar-refractivity contribution >= 4 is 33.3 Å². The average molecular weight is 431 g/mol. The van der Waals surface area contributed by atoms with Crippen molar-refractivity contribution in [1.29, 1.82) is 0 Å². The summed E-state index contributed by atoms with van der Waals surface area (Å²) in [5.74, 6) is -1.81. The summed E-state index contributed by atoms with van der Waals surface area (Å²) in [6.07, 6.45) is 0. The monoisotopic (exact) mass is 430 g/mol. The van der Waals surface area contributed by atoms with Crippen LogP contribution in [0.3, 0.4) is 0 Å². The maximum absolute atomic E-state index is 14.1. The van der Waals surface area contributed by atoms with E-state index in [1.165, 1.54) is 26.2 Å². The first-order chi connectivity index (χ1) is 12.3. The normalized spacial score (nSPS) is 10.7. The van der Waals surface area contributed by atoms with Gasteiger partial charge in [0.1, 0.15) is 17.2 Å². The standard InChI is InChI=1S/C15H16BrFN4O5/c1-20-12(18-10-4-3-8(16)7-9(10)17)11(13(23)19-26-6-5-22)14(24)21(2)15(20)25/h3-4,7,18,22H,5-6H2,1-2H3,(H,19,23). The van der Waals surface area contributed by atoms with Gasteiger partial charge in [-0.2, -0.15) is 0 Å². The van der Waals surface area contributed by atoms with E-state index < -0.39 is 28.5 Å². The van der Waals surface area contributed by atoms with Crippen LogP contribution in [0.25, 0.3) is 0 Å². The third kappa shape index (κ3) is 4.00. The highest BCUT2D eigenvalue weighted by atomic mass is 79.9. The van der Waals surface area contributed by atoms with Gasteiger partial charge in [-0.15, -0.1) is 0 Å². The molecule has 0 unspecified atom stereocenters. The molecule has 0 bridgehead atoms. The van der Waals surface area contributed by atoms with Crippen molar-refractivity contribution in [2.75, 3.05) is 18.5 Å². The van der Waals surface area contributed by atoms with Crippen LogP contribution in [0.15, 0.2) is 32.3 Å². The SMILES string of the molecule is Cn1c(Nc2ccc(Br)cc2F)c(C(=O)NOCCO)c(=O)n(C)c1=O. The maximum Gasteiger partial charge on any atom is 0.332 e. The van der Waals surface area contributed by atoms with Crippen LogP contribution in [-0.4, -0.2) is 33.4 Å². The van der Waals surface area contributed by atoms with E-state index in [1.807, 2.05) is 5.48 Å². The number of hydroxylamine groups is 1. The lowest BCUT2D eigenvalue weighted by Gasteiger charge is -2.17. The number of aliphatic hydroxyl groups excluding tert-OH is 1. The zero-order chi connectivity index (χ0) is 19.4. The van der Waals surface area contributed by atoms with E-state index in [-0.39, 0.29) is 24.7 Å². The number of rotatable bonds is 6. The molecule has 26 heavy (non-hydrogen) atoms. The second-order valence-electron chi connectivity index (χ2n) is 5.18. The van der Waals surface area contributed by atoms with Crippen molar-refractivity contribution < 1.29 is 19.1 Å². The highest BCUT2D eigenvalue weighted by Crippen LogP contribution is 2.23. The molecule has 1 aromatic carbocycles. The van der Waals surface area contributed by atoms with E-state index in [1.54, 1.807) is 6.07 Å². The maximum atomic E-state index is 14.1. The lowest BCUT2D eigenvalue weighted by atomic mass is 10.2. The molecule has 0 aliphatic rings. The van der Waals surface area contributed by atoms with Crippen molar-refractivity contribution in [1.82, 2.24) is 14.6 Å². The Kier molecular flexibility index (Phi) is 6.29. The molecule has 2 rings (SSSR count).